The number of carbonyl (C=O) groups is 3. The fourth-order valence-corrected chi connectivity index (χ4v) is 4.24. The number of aromatic nitrogens is 1. The molecule has 3 rings (SSSR count). The number of nitriles is 1. The number of benzene rings is 1. The van der Waals surface area contributed by atoms with E-state index in [2.05, 4.69) is 16.7 Å². The van der Waals surface area contributed by atoms with Gasteiger partial charge in [-0.05, 0) is 43.0 Å². The van der Waals surface area contributed by atoms with Crippen molar-refractivity contribution >= 4 is 34.9 Å². The maximum absolute atomic E-state index is 12.6. The number of rotatable bonds is 8. The van der Waals surface area contributed by atoms with Crippen LogP contribution >= 0.6 is 11.3 Å². The Labute approximate surface area is 195 Å². The molecule has 0 saturated carbocycles. The standard InChI is InChI=1S/C24H24N4O4S/c1-15-16(2)28(18-8-5-4-6-9-18)24(19(15)13-25)27-22(30)14-32-23(31)12-20(26-17(3)29)21-10-7-11-33-21/h4-11,20H,12,14H2,1-3H3,(H,26,29)(H,27,30). The summed E-state index contributed by atoms with van der Waals surface area (Å²) in [7, 11) is 0. The van der Waals surface area contributed by atoms with Crippen molar-refractivity contribution in [1.29, 1.82) is 5.26 Å². The Bertz CT molecular complexity index is 1190. The molecule has 2 aromatic heterocycles. The summed E-state index contributed by atoms with van der Waals surface area (Å²) in [4.78, 5) is 37.3. The molecule has 2 heterocycles. The zero-order valence-electron chi connectivity index (χ0n) is 18.5. The van der Waals surface area contributed by atoms with E-state index in [0.29, 0.717) is 11.4 Å². The first kappa shape index (κ1) is 23.8. The van der Waals surface area contributed by atoms with Gasteiger partial charge in [-0.1, -0.05) is 24.3 Å². The van der Waals surface area contributed by atoms with Crippen molar-refractivity contribution in [2.45, 2.75) is 33.2 Å². The zero-order valence-corrected chi connectivity index (χ0v) is 19.4. The number of hydrogen-bond acceptors (Lipinski definition) is 6. The second-order valence-electron chi connectivity index (χ2n) is 7.40. The fraction of sp³-hybridized carbons (Fsp3) is 0.250. The van der Waals surface area contributed by atoms with Gasteiger partial charge in [0, 0.05) is 23.2 Å². The van der Waals surface area contributed by atoms with Crippen molar-refractivity contribution in [3.63, 3.8) is 0 Å². The molecule has 0 saturated heterocycles. The third-order valence-electron chi connectivity index (χ3n) is 5.10. The molecule has 0 fully saturated rings. The highest BCUT2D eigenvalue weighted by Gasteiger charge is 2.22. The monoisotopic (exact) mass is 464 g/mol. The first-order chi connectivity index (χ1) is 15.8. The average molecular weight is 465 g/mol. The largest absolute Gasteiger partial charge is 0.455 e. The summed E-state index contributed by atoms with van der Waals surface area (Å²) in [5.74, 6) is -1.13. The average Bonchev–Trinajstić information content (AvgIpc) is 3.40. The number of para-hydroxylation sites is 1. The van der Waals surface area contributed by atoms with Crippen LogP contribution in [0.1, 0.15) is 41.1 Å². The Morgan fingerprint density at radius 2 is 1.88 bits per heavy atom. The van der Waals surface area contributed by atoms with Gasteiger partial charge in [0.25, 0.3) is 5.91 Å². The number of carbonyl (C=O) groups excluding carboxylic acids is 3. The van der Waals surface area contributed by atoms with Crippen LogP contribution in [0.2, 0.25) is 0 Å². The third kappa shape index (κ3) is 5.67. The van der Waals surface area contributed by atoms with Crippen LogP contribution in [0.5, 0.6) is 0 Å². The van der Waals surface area contributed by atoms with E-state index in [0.717, 1.165) is 21.8 Å². The van der Waals surface area contributed by atoms with Gasteiger partial charge in [0.05, 0.1) is 18.0 Å². The van der Waals surface area contributed by atoms with Gasteiger partial charge in [0.1, 0.15) is 11.9 Å². The van der Waals surface area contributed by atoms with Gasteiger partial charge in [-0.15, -0.1) is 11.3 Å². The molecule has 0 radical (unpaired) electrons. The van der Waals surface area contributed by atoms with Gasteiger partial charge in [-0.25, -0.2) is 0 Å². The topological polar surface area (TPSA) is 113 Å². The van der Waals surface area contributed by atoms with Crippen molar-refractivity contribution in [3.8, 4) is 11.8 Å². The molecule has 9 heteroatoms. The van der Waals surface area contributed by atoms with Crippen LogP contribution < -0.4 is 10.6 Å². The summed E-state index contributed by atoms with van der Waals surface area (Å²) < 4.78 is 6.94. The lowest BCUT2D eigenvalue weighted by Gasteiger charge is -2.16. The quantitative estimate of drug-likeness (QED) is 0.493. The molecule has 0 spiro atoms. The van der Waals surface area contributed by atoms with Gasteiger partial charge in [-0.2, -0.15) is 5.26 Å². The highest BCUT2D eigenvalue weighted by atomic mass is 32.1. The van der Waals surface area contributed by atoms with Gasteiger partial charge in [0.2, 0.25) is 5.91 Å². The lowest BCUT2D eigenvalue weighted by atomic mass is 10.1. The Balaban J connectivity index is 1.70. The summed E-state index contributed by atoms with van der Waals surface area (Å²) in [5.41, 5.74) is 2.71. The highest BCUT2D eigenvalue weighted by molar-refractivity contribution is 7.10. The minimum Gasteiger partial charge on any atom is -0.455 e. The van der Waals surface area contributed by atoms with Crippen LogP contribution in [0.15, 0.2) is 47.8 Å². The second-order valence-corrected chi connectivity index (χ2v) is 8.38. The maximum atomic E-state index is 12.6. The number of nitrogens with one attached hydrogen (secondary N) is 2. The molecule has 2 N–H and O–H groups in total. The van der Waals surface area contributed by atoms with Crippen LogP contribution in [-0.2, 0) is 19.1 Å². The summed E-state index contributed by atoms with van der Waals surface area (Å²) in [5, 5.41) is 16.9. The molecular formula is C24H24N4O4S. The first-order valence-corrected chi connectivity index (χ1v) is 11.1. The van der Waals surface area contributed by atoms with Gasteiger partial charge in [-0.3, -0.25) is 19.0 Å². The molecular weight excluding hydrogens is 440 g/mol. The van der Waals surface area contributed by atoms with Crippen molar-refractivity contribution in [3.05, 3.63) is 69.5 Å². The number of amides is 2. The lowest BCUT2D eigenvalue weighted by Crippen LogP contribution is -2.29. The van der Waals surface area contributed by atoms with Crippen LogP contribution in [0.4, 0.5) is 5.82 Å². The van der Waals surface area contributed by atoms with Crippen LogP contribution in [0.25, 0.3) is 5.69 Å². The van der Waals surface area contributed by atoms with Crippen molar-refractivity contribution in [1.82, 2.24) is 9.88 Å². The Hall–Kier alpha value is -3.90. The molecule has 0 aliphatic rings. The first-order valence-electron chi connectivity index (χ1n) is 10.2. The Morgan fingerprint density at radius 1 is 1.15 bits per heavy atom. The lowest BCUT2D eigenvalue weighted by molar-refractivity contribution is -0.147. The van der Waals surface area contributed by atoms with E-state index < -0.39 is 24.5 Å². The normalized spacial score (nSPS) is 11.3. The molecule has 170 valence electrons. The van der Waals surface area contributed by atoms with Crippen molar-refractivity contribution in [2.75, 3.05) is 11.9 Å². The number of ether oxygens (including phenoxy) is 1. The SMILES string of the molecule is CC(=O)NC(CC(=O)OCC(=O)Nc1c(C#N)c(C)c(C)n1-c1ccccc1)c1cccs1. The van der Waals surface area contributed by atoms with E-state index in [-0.39, 0.29) is 12.3 Å². The minimum atomic E-state index is -0.622. The van der Waals surface area contributed by atoms with E-state index in [9.17, 15) is 19.6 Å². The number of nitrogens with zero attached hydrogens (tertiary/aromatic N) is 2. The van der Waals surface area contributed by atoms with Crippen LogP contribution in [-0.4, -0.2) is 29.0 Å². The molecule has 33 heavy (non-hydrogen) atoms. The molecule has 2 amide bonds. The fourth-order valence-electron chi connectivity index (χ4n) is 3.46. The van der Waals surface area contributed by atoms with E-state index in [4.69, 9.17) is 4.74 Å². The molecule has 1 atom stereocenters. The summed E-state index contributed by atoms with van der Waals surface area (Å²) in [6.45, 7) is 4.54. The summed E-state index contributed by atoms with van der Waals surface area (Å²) >= 11 is 1.41. The Kier molecular flexibility index (Phi) is 7.64. The smallest absolute Gasteiger partial charge is 0.308 e. The molecule has 1 aromatic carbocycles. The predicted molar refractivity (Wildman–Crippen MR) is 125 cm³/mol. The van der Waals surface area contributed by atoms with E-state index in [1.54, 1.807) is 4.57 Å². The third-order valence-corrected chi connectivity index (χ3v) is 6.08. The maximum Gasteiger partial charge on any atom is 0.308 e. The molecule has 0 bridgehead atoms. The minimum absolute atomic E-state index is 0.102. The second kappa shape index (κ2) is 10.6. The van der Waals surface area contributed by atoms with E-state index in [1.165, 1.54) is 18.3 Å². The molecule has 0 aliphatic carbocycles. The van der Waals surface area contributed by atoms with Gasteiger partial charge < -0.3 is 15.4 Å². The molecule has 8 nitrogen and oxygen atoms in total. The molecule has 0 aliphatic heterocycles. The van der Waals surface area contributed by atoms with Crippen LogP contribution in [0, 0.1) is 25.2 Å². The van der Waals surface area contributed by atoms with Crippen LogP contribution in [0.3, 0.4) is 0 Å². The van der Waals surface area contributed by atoms with Gasteiger partial charge in [0.15, 0.2) is 6.61 Å². The zero-order chi connectivity index (χ0) is 24.0. The highest BCUT2D eigenvalue weighted by Crippen LogP contribution is 2.30. The summed E-state index contributed by atoms with van der Waals surface area (Å²) in [6, 6.07) is 14.6. The van der Waals surface area contributed by atoms with Gasteiger partial charge >= 0.3 is 5.97 Å². The van der Waals surface area contributed by atoms with E-state index in [1.807, 2.05) is 61.7 Å². The number of thiophene rings is 1. The predicted octanol–water partition coefficient (Wildman–Crippen LogP) is 3.78. The number of esters is 1. The Morgan fingerprint density at radius 3 is 2.48 bits per heavy atom. The van der Waals surface area contributed by atoms with Crippen molar-refractivity contribution < 1.29 is 19.1 Å². The number of hydrogen-bond donors (Lipinski definition) is 2. The summed E-state index contributed by atoms with van der Waals surface area (Å²) in [6.07, 6.45) is -0.102. The molecule has 1 unspecified atom stereocenters. The van der Waals surface area contributed by atoms with E-state index >= 15 is 0 Å². The van der Waals surface area contributed by atoms with Crippen molar-refractivity contribution in [2.24, 2.45) is 0 Å². The molecule has 3 aromatic rings. The number of anilines is 1.